The van der Waals surface area contributed by atoms with E-state index in [0.29, 0.717) is 82.6 Å². The molecule has 0 aliphatic rings. The first-order chi connectivity index (χ1) is 63.5. The molecule has 0 spiro atoms. The van der Waals surface area contributed by atoms with E-state index in [1.807, 2.05) is 63.5 Å². The van der Waals surface area contributed by atoms with Crippen LogP contribution in [0, 0.1) is 61.0 Å². The molecule has 130 heavy (non-hydrogen) atoms. The molecule has 0 N–H and O–H groups in total. The number of aromatic nitrogens is 4. The summed E-state index contributed by atoms with van der Waals surface area (Å²) in [7, 11) is 0. The summed E-state index contributed by atoms with van der Waals surface area (Å²) in [5.41, 5.74) is 9.10. The lowest BCUT2D eigenvalue weighted by Gasteiger charge is -2.24. The number of hydrogen-bond donors (Lipinski definition) is 0. The average molecular weight is 1960 g/mol. The van der Waals surface area contributed by atoms with Gasteiger partial charge >= 0.3 is 0 Å². The lowest BCUT2D eigenvalue weighted by atomic mass is 9.95. The van der Waals surface area contributed by atoms with Crippen molar-refractivity contribution in [2.75, 3.05) is 26.4 Å². The maximum absolute atomic E-state index is 18.1. The molecule has 0 saturated heterocycles. The van der Waals surface area contributed by atoms with Gasteiger partial charge in [0.05, 0.1) is 76.6 Å². The quantitative estimate of drug-likeness (QED) is 0.0348. The van der Waals surface area contributed by atoms with E-state index in [9.17, 15) is 0 Å². The molecule has 6 atom stereocenters. The van der Waals surface area contributed by atoms with Crippen LogP contribution >= 0.6 is 115 Å². The van der Waals surface area contributed by atoms with Crippen molar-refractivity contribution in [3.05, 3.63) is 103 Å². The summed E-state index contributed by atoms with van der Waals surface area (Å²) in [6, 6.07) is 20.9. The lowest BCUT2D eigenvalue weighted by Crippen LogP contribution is -2.16. The lowest BCUT2D eigenvalue weighted by molar-refractivity contribution is 0.193. The second-order valence-corrected chi connectivity index (χ2v) is 46.1. The van der Waals surface area contributed by atoms with Gasteiger partial charge < -0.3 is 18.9 Å². The summed E-state index contributed by atoms with van der Waals surface area (Å²) in [6.45, 7) is 34.0. The maximum atomic E-state index is 18.1. The molecule has 710 valence electrons. The molecule has 0 fully saturated rings. The number of benzene rings is 4. The van der Waals surface area contributed by atoms with Crippen LogP contribution in [0.5, 0.6) is 23.0 Å². The summed E-state index contributed by atoms with van der Waals surface area (Å²) in [4.78, 5) is 9.96. The zero-order valence-electron chi connectivity index (χ0n) is 81.0. The molecule has 0 bridgehead atoms. The molecule has 8 nitrogen and oxygen atoms in total. The molecule has 12 rings (SSSR count). The molecule has 0 saturated carbocycles. The van der Waals surface area contributed by atoms with Crippen LogP contribution in [0.2, 0.25) is 10.0 Å². The van der Waals surface area contributed by atoms with Gasteiger partial charge in [0.15, 0.2) is 34.6 Å². The Balaban J connectivity index is 1.03. The highest BCUT2D eigenvalue weighted by Gasteiger charge is 2.35. The number of rotatable bonds is 63. The predicted octanol–water partition coefficient (Wildman–Crippen LogP) is 40.4. The van der Waals surface area contributed by atoms with E-state index in [1.54, 1.807) is 12.1 Å². The first kappa shape index (κ1) is 104. The van der Waals surface area contributed by atoms with Crippen molar-refractivity contribution < 1.29 is 27.7 Å². The van der Waals surface area contributed by atoms with Crippen molar-refractivity contribution in [3.63, 3.8) is 0 Å². The highest BCUT2D eigenvalue weighted by Crippen LogP contribution is 2.60. The monoisotopic (exact) mass is 1950 g/mol. The molecule has 20 heteroatoms. The van der Waals surface area contributed by atoms with Crippen LogP contribution in [-0.4, -0.2) is 43.9 Å². The number of ether oxygens (including phenoxy) is 4. The second kappa shape index (κ2) is 53.6. The molecule has 8 aromatic heterocycles. The Morgan fingerprint density at radius 1 is 0.300 bits per heavy atom. The highest BCUT2D eigenvalue weighted by molar-refractivity contribution is 7.25. The van der Waals surface area contributed by atoms with E-state index in [4.69, 9.17) is 59.6 Å². The fraction of sp³-hybridized carbons (Fsp3) is 0.600. The van der Waals surface area contributed by atoms with Crippen LogP contribution < -0.4 is 18.9 Å². The van der Waals surface area contributed by atoms with Crippen molar-refractivity contribution in [1.29, 1.82) is 0 Å². The number of fused-ring (bicyclic) bond motifs is 4. The van der Waals surface area contributed by atoms with Crippen LogP contribution in [-0.2, 0) is 12.8 Å². The predicted molar refractivity (Wildman–Crippen MR) is 571 cm³/mol. The van der Waals surface area contributed by atoms with Crippen molar-refractivity contribution in [2.24, 2.45) is 35.5 Å². The van der Waals surface area contributed by atoms with Gasteiger partial charge in [0.2, 0.25) is 0 Å². The van der Waals surface area contributed by atoms with E-state index < -0.39 is 11.6 Å². The summed E-state index contributed by atoms with van der Waals surface area (Å²) in [5, 5.41) is 4.08. The van der Waals surface area contributed by atoms with Crippen molar-refractivity contribution >= 4 is 157 Å². The normalized spacial score (nSPS) is 13.5. The molecular weight excluding hydrogens is 1810 g/mol. The van der Waals surface area contributed by atoms with Gasteiger partial charge in [0.25, 0.3) is 0 Å². The first-order valence-electron chi connectivity index (χ1n) is 50.9. The van der Waals surface area contributed by atoms with Crippen molar-refractivity contribution in [1.82, 2.24) is 17.5 Å². The van der Waals surface area contributed by atoms with Gasteiger partial charge in [0.1, 0.15) is 22.1 Å². The SMILES string of the molecule is CCCCCCC(CCCC)COc1c(OCC(CCCC)CCCCCC)c(-c2ccc(-c3ccc(-c4ccc(-c5c(OCC(CCCC)CCCCCC)c(OCC(CCCC)CCCCCC)c(-c6cc7c(-c8cc(Cl)c(CC(CC)CCCC)s8)c8sc(C)cc8c(-c8cc(Cl)c(CC(CC)CCCC)s8)c7s6)c6nsnc56)s4)c(F)c3F)s2)c2nsnc2c1C. The summed E-state index contributed by atoms with van der Waals surface area (Å²) in [6.07, 6.45) is 47.7. The molecule has 0 aliphatic heterocycles. The number of hydrogen-bond acceptors (Lipinski definition) is 16. The standard InChI is InChI=1S/C110H150Cl2F2N4O4S8/c1-15-27-37-41-51-75(47-33-21-7)67-119-105-72(14)101-102(116-129-115-101)96(106(105)120-68-76(48-34-22-8)52-42-38-28-16-2)87-59-57-85(124-87)79-55-56-80(100(114)99(79)113)86-58-60-88(125-86)97-103-104(118-130-117-103)98(108(122-70-78(50-36-24-10)54-44-40-30-18-4)107(97)121-69-77(49-35-23-9)53-43-39-29-17-3)91-64-82-95(93-66-84(112)90(127-93)63-74(26-12)46-32-20-6)109-81(61-71(13)123-109)94(110(82)128-91)92-65-83(111)89(126-92)62-73(25-11)45-31-19-5/h55-61,64-66,73-78H,15-54,62-63,67-70H2,1-14H3. The third kappa shape index (κ3) is 26.6. The van der Waals surface area contributed by atoms with Gasteiger partial charge in [-0.1, -0.05) is 312 Å². The minimum Gasteiger partial charge on any atom is -0.489 e. The Hall–Kier alpha value is -5.12. The van der Waals surface area contributed by atoms with E-state index >= 15 is 8.78 Å². The number of thiophene rings is 6. The smallest absolute Gasteiger partial charge is 0.172 e. The summed E-state index contributed by atoms with van der Waals surface area (Å²) < 4.78 is 89.6. The Bertz CT molecular complexity index is 5330. The molecular formula is C110H150Cl2F2N4O4S8. The van der Waals surface area contributed by atoms with Gasteiger partial charge in [0, 0.05) is 96.8 Å². The van der Waals surface area contributed by atoms with Crippen LogP contribution in [0.25, 0.3) is 115 Å². The Kier molecular flexibility index (Phi) is 42.8. The summed E-state index contributed by atoms with van der Waals surface area (Å²) >= 11 is 27.9. The van der Waals surface area contributed by atoms with Gasteiger partial charge in [-0.25, -0.2) is 8.78 Å². The Labute approximate surface area is 822 Å². The van der Waals surface area contributed by atoms with Gasteiger partial charge in [-0.2, -0.15) is 17.5 Å². The van der Waals surface area contributed by atoms with Crippen LogP contribution in [0.4, 0.5) is 8.78 Å². The van der Waals surface area contributed by atoms with Gasteiger partial charge in [-0.15, -0.1) is 68.0 Å². The fourth-order valence-corrected chi connectivity index (χ4v) is 28.2. The topological polar surface area (TPSA) is 88.5 Å². The van der Waals surface area contributed by atoms with E-state index in [-0.39, 0.29) is 23.0 Å². The minimum absolute atomic E-state index is 0.181. The van der Waals surface area contributed by atoms with Crippen LogP contribution in [0.15, 0.2) is 60.7 Å². The Morgan fingerprint density at radius 3 is 0.985 bits per heavy atom. The third-order valence-electron chi connectivity index (χ3n) is 27.2. The first-order valence-corrected chi connectivity index (χ1v) is 58.0. The van der Waals surface area contributed by atoms with E-state index in [0.717, 1.165) is 222 Å². The van der Waals surface area contributed by atoms with Gasteiger partial charge in [-0.05, 0) is 174 Å². The Morgan fingerprint density at radius 2 is 0.608 bits per heavy atom. The molecule has 6 unspecified atom stereocenters. The van der Waals surface area contributed by atoms with E-state index in [1.165, 1.54) is 218 Å². The number of aryl methyl sites for hydroxylation is 2. The molecule has 0 aliphatic carbocycles. The largest absolute Gasteiger partial charge is 0.489 e. The minimum atomic E-state index is -0.906. The number of nitrogens with zero attached hydrogens (tertiary/aromatic N) is 4. The summed E-state index contributed by atoms with van der Waals surface area (Å²) in [5.74, 6) is 3.29. The van der Waals surface area contributed by atoms with Crippen molar-refractivity contribution in [3.8, 4) is 96.1 Å². The zero-order valence-corrected chi connectivity index (χ0v) is 89.0. The molecule has 0 amide bonds. The fourth-order valence-electron chi connectivity index (χ4n) is 19.2. The zero-order chi connectivity index (χ0) is 92.0. The molecule has 12 aromatic rings. The molecule has 8 heterocycles. The highest BCUT2D eigenvalue weighted by atomic mass is 35.5. The van der Waals surface area contributed by atoms with E-state index in [2.05, 4.69) is 127 Å². The van der Waals surface area contributed by atoms with Crippen LogP contribution in [0.3, 0.4) is 0 Å². The van der Waals surface area contributed by atoms with Gasteiger partial charge in [-0.3, -0.25) is 0 Å². The molecule has 4 aromatic carbocycles. The maximum Gasteiger partial charge on any atom is 0.172 e. The number of unbranched alkanes of at least 4 members (excludes halogenated alkanes) is 18. The van der Waals surface area contributed by atoms with Crippen molar-refractivity contribution in [2.45, 2.75) is 367 Å². The second-order valence-electron chi connectivity index (χ2n) is 37.5. The average Bonchev–Trinajstić information content (AvgIpc) is 1.55. The number of halogens is 4. The third-order valence-corrected chi connectivity index (χ3v) is 36.1. The van der Waals surface area contributed by atoms with Crippen LogP contribution in [0.1, 0.15) is 360 Å². The molecule has 0 radical (unpaired) electrons.